The molecule has 0 amide bonds. The van der Waals surface area contributed by atoms with Crippen LogP contribution in [0.2, 0.25) is 0 Å². The lowest BCUT2D eigenvalue weighted by Gasteiger charge is -2.27. The van der Waals surface area contributed by atoms with E-state index in [2.05, 4.69) is 39.2 Å². The minimum atomic E-state index is 0.558. The van der Waals surface area contributed by atoms with Crippen LogP contribution in [-0.2, 0) is 16.0 Å². The summed E-state index contributed by atoms with van der Waals surface area (Å²) in [6.07, 6.45) is 6.93. The second kappa shape index (κ2) is 12.0. The van der Waals surface area contributed by atoms with Crippen molar-refractivity contribution in [3.05, 3.63) is 23.9 Å². The molecule has 1 unspecified atom stereocenters. The van der Waals surface area contributed by atoms with Crippen molar-refractivity contribution >= 4 is 11.8 Å². The van der Waals surface area contributed by atoms with Crippen molar-refractivity contribution in [2.24, 2.45) is 10.9 Å². The molecule has 1 aromatic rings. The summed E-state index contributed by atoms with van der Waals surface area (Å²) in [5.41, 5.74) is 1.22. The van der Waals surface area contributed by atoms with Crippen LogP contribution in [0.3, 0.4) is 0 Å². The molecule has 2 aliphatic heterocycles. The van der Waals surface area contributed by atoms with Crippen molar-refractivity contribution in [1.82, 2.24) is 15.2 Å². The number of rotatable bonds is 9. The van der Waals surface area contributed by atoms with Gasteiger partial charge >= 0.3 is 0 Å². The first kappa shape index (κ1) is 21.8. The molecule has 29 heavy (non-hydrogen) atoms. The Bertz CT molecular complexity index is 633. The SMILES string of the molecule is CCNC(=NCc1ccnc(N2CCCCC2)c1)N1CCC(COCCOC)C1. The monoisotopic (exact) mass is 403 g/mol. The third kappa shape index (κ3) is 6.85. The summed E-state index contributed by atoms with van der Waals surface area (Å²) in [4.78, 5) is 14.3. The van der Waals surface area contributed by atoms with Gasteiger partial charge in [-0.05, 0) is 50.3 Å². The highest BCUT2D eigenvalue weighted by atomic mass is 16.5. The molecule has 7 nitrogen and oxygen atoms in total. The van der Waals surface area contributed by atoms with E-state index < -0.39 is 0 Å². The van der Waals surface area contributed by atoms with Gasteiger partial charge in [-0.2, -0.15) is 0 Å². The largest absolute Gasteiger partial charge is 0.382 e. The Labute approximate surface area is 175 Å². The molecule has 3 rings (SSSR count). The fourth-order valence-electron chi connectivity index (χ4n) is 4.00. The number of aliphatic imine (C=N–C) groups is 1. The van der Waals surface area contributed by atoms with Crippen LogP contribution in [0.4, 0.5) is 5.82 Å². The Hall–Kier alpha value is -1.86. The summed E-state index contributed by atoms with van der Waals surface area (Å²) in [6.45, 7) is 10.0. The highest BCUT2D eigenvalue weighted by Gasteiger charge is 2.25. The van der Waals surface area contributed by atoms with E-state index >= 15 is 0 Å². The molecular formula is C22H37N5O2. The molecular weight excluding hydrogens is 366 g/mol. The third-order valence-electron chi connectivity index (χ3n) is 5.61. The van der Waals surface area contributed by atoms with Gasteiger partial charge in [0.25, 0.3) is 0 Å². The number of aromatic nitrogens is 1. The van der Waals surface area contributed by atoms with Crippen LogP contribution >= 0.6 is 0 Å². The first-order valence-electron chi connectivity index (χ1n) is 11.1. The van der Waals surface area contributed by atoms with Crippen molar-refractivity contribution in [3.8, 4) is 0 Å². The van der Waals surface area contributed by atoms with Gasteiger partial charge in [-0.1, -0.05) is 0 Å². The maximum absolute atomic E-state index is 5.72. The summed E-state index contributed by atoms with van der Waals surface area (Å²) < 4.78 is 10.8. The molecule has 162 valence electrons. The quantitative estimate of drug-likeness (QED) is 0.388. The van der Waals surface area contributed by atoms with Gasteiger partial charge in [-0.25, -0.2) is 9.98 Å². The first-order valence-corrected chi connectivity index (χ1v) is 11.1. The second-order valence-corrected chi connectivity index (χ2v) is 7.91. The minimum Gasteiger partial charge on any atom is -0.382 e. The number of methoxy groups -OCH3 is 1. The molecule has 3 heterocycles. The second-order valence-electron chi connectivity index (χ2n) is 7.91. The summed E-state index contributed by atoms with van der Waals surface area (Å²) in [5, 5.41) is 3.46. The lowest BCUT2D eigenvalue weighted by atomic mass is 10.1. The van der Waals surface area contributed by atoms with E-state index in [1.807, 2.05) is 6.20 Å². The molecule has 0 radical (unpaired) electrons. The lowest BCUT2D eigenvalue weighted by molar-refractivity contribution is 0.0536. The zero-order valence-electron chi connectivity index (χ0n) is 18.1. The number of ether oxygens (including phenoxy) is 2. The van der Waals surface area contributed by atoms with Gasteiger partial charge < -0.3 is 24.6 Å². The minimum absolute atomic E-state index is 0.558. The summed E-state index contributed by atoms with van der Waals surface area (Å²) in [5.74, 6) is 2.66. The van der Waals surface area contributed by atoms with Crippen LogP contribution in [0.15, 0.2) is 23.3 Å². The standard InChI is InChI=1S/C22H37N5O2/c1-3-23-22(27-12-8-20(17-27)18-29-14-13-28-2)25-16-19-7-9-24-21(15-19)26-10-5-4-6-11-26/h7,9,15,20H,3-6,8,10-14,16-18H2,1-2H3,(H,23,25). The van der Waals surface area contributed by atoms with Crippen molar-refractivity contribution in [2.45, 2.75) is 39.2 Å². The highest BCUT2D eigenvalue weighted by molar-refractivity contribution is 5.80. The molecule has 1 atom stereocenters. The summed E-state index contributed by atoms with van der Waals surface area (Å²) in [6, 6.07) is 4.28. The number of piperidine rings is 1. The maximum Gasteiger partial charge on any atom is 0.194 e. The van der Waals surface area contributed by atoms with E-state index in [-0.39, 0.29) is 0 Å². The van der Waals surface area contributed by atoms with Gasteiger partial charge in [0.1, 0.15) is 5.82 Å². The molecule has 0 aliphatic carbocycles. The van der Waals surface area contributed by atoms with Gasteiger partial charge in [0.15, 0.2) is 5.96 Å². The van der Waals surface area contributed by atoms with E-state index in [9.17, 15) is 0 Å². The zero-order valence-corrected chi connectivity index (χ0v) is 18.1. The van der Waals surface area contributed by atoms with Crippen LogP contribution in [-0.4, -0.2) is 75.5 Å². The van der Waals surface area contributed by atoms with Crippen LogP contribution in [0.25, 0.3) is 0 Å². The van der Waals surface area contributed by atoms with Gasteiger partial charge in [-0.15, -0.1) is 0 Å². The average Bonchev–Trinajstić information content (AvgIpc) is 3.24. The highest BCUT2D eigenvalue weighted by Crippen LogP contribution is 2.20. The number of pyridine rings is 1. The lowest BCUT2D eigenvalue weighted by Crippen LogP contribution is -2.40. The fraction of sp³-hybridized carbons (Fsp3) is 0.727. The zero-order chi connectivity index (χ0) is 20.3. The fourth-order valence-corrected chi connectivity index (χ4v) is 4.00. The van der Waals surface area contributed by atoms with Crippen LogP contribution in [0.5, 0.6) is 0 Å². The summed E-state index contributed by atoms with van der Waals surface area (Å²) >= 11 is 0. The number of guanidine groups is 1. The van der Waals surface area contributed by atoms with Gasteiger partial charge in [0.05, 0.1) is 26.4 Å². The number of anilines is 1. The molecule has 1 N–H and O–H groups in total. The molecule has 0 saturated carbocycles. The smallest absolute Gasteiger partial charge is 0.194 e. The molecule has 2 aliphatic rings. The molecule has 0 spiro atoms. The Kier molecular flexibility index (Phi) is 9.02. The third-order valence-corrected chi connectivity index (χ3v) is 5.61. The van der Waals surface area contributed by atoms with E-state index in [1.165, 1.54) is 24.8 Å². The number of nitrogens with one attached hydrogen (secondary N) is 1. The Balaban J connectivity index is 1.55. The first-order chi connectivity index (χ1) is 14.3. The molecule has 7 heteroatoms. The molecule has 2 saturated heterocycles. The maximum atomic E-state index is 5.72. The average molecular weight is 404 g/mol. The van der Waals surface area contributed by atoms with Crippen LogP contribution in [0, 0.1) is 5.92 Å². The van der Waals surface area contributed by atoms with Crippen LogP contribution in [0.1, 0.15) is 38.2 Å². The molecule has 0 aromatic carbocycles. The molecule has 1 aromatic heterocycles. The van der Waals surface area contributed by atoms with E-state index in [0.29, 0.717) is 25.7 Å². The predicted octanol–water partition coefficient (Wildman–Crippen LogP) is 2.52. The predicted molar refractivity (Wildman–Crippen MR) is 117 cm³/mol. The normalized spacial score (nSPS) is 20.3. The number of nitrogens with zero attached hydrogens (tertiary/aromatic N) is 4. The number of hydrogen-bond donors (Lipinski definition) is 1. The molecule has 0 bridgehead atoms. The van der Waals surface area contributed by atoms with Gasteiger partial charge in [0, 0.05) is 51.9 Å². The van der Waals surface area contributed by atoms with Crippen LogP contribution < -0.4 is 10.2 Å². The van der Waals surface area contributed by atoms with Gasteiger partial charge in [0.2, 0.25) is 0 Å². The van der Waals surface area contributed by atoms with Crippen molar-refractivity contribution in [3.63, 3.8) is 0 Å². The summed E-state index contributed by atoms with van der Waals surface area (Å²) in [7, 11) is 1.71. The Morgan fingerprint density at radius 1 is 1.24 bits per heavy atom. The van der Waals surface area contributed by atoms with Crippen molar-refractivity contribution in [2.75, 3.05) is 64.6 Å². The van der Waals surface area contributed by atoms with E-state index in [0.717, 1.165) is 57.5 Å². The number of hydrogen-bond acceptors (Lipinski definition) is 5. The Morgan fingerprint density at radius 3 is 2.90 bits per heavy atom. The molecule has 2 fully saturated rings. The number of likely N-dealkylation sites (tertiary alicyclic amines) is 1. The van der Waals surface area contributed by atoms with Crippen molar-refractivity contribution in [1.29, 1.82) is 0 Å². The van der Waals surface area contributed by atoms with Gasteiger partial charge in [-0.3, -0.25) is 0 Å². The van der Waals surface area contributed by atoms with E-state index in [4.69, 9.17) is 14.5 Å². The topological polar surface area (TPSA) is 62.2 Å². The van der Waals surface area contributed by atoms with Crippen molar-refractivity contribution < 1.29 is 9.47 Å². The van der Waals surface area contributed by atoms with E-state index in [1.54, 1.807) is 7.11 Å². The Morgan fingerprint density at radius 2 is 2.10 bits per heavy atom.